The number of aliphatic carboxylic acids is 1. The molecule has 2 N–H and O–H groups in total. The largest absolute Gasteiger partial charge is 0.480 e. The molecule has 2 aliphatic rings. The van der Waals surface area contributed by atoms with E-state index in [9.17, 15) is 37.5 Å². The Bertz CT molecular complexity index is 1540. The summed E-state index contributed by atoms with van der Waals surface area (Å²) in [7, 11) is 0. The number of rotatable bonds is 10. The number of ketones is 1. The Hall–Kier alpha value is -3.93. The highest BCUT2D eigenvalue weighted by Crippen LogP contribution is 2.38. The second-order valence-corrected chi connectivity index (χ2v) is 10.6. The third kappa shape index (κ3) is 5.67. The number of carboxylic acids is 1. The molecule has 0 aliphatic heterocycles. The van der Waals surface area contributed by atoms with Crippen LogP contribution in [0.25, 0.3) is 11.4 Å². The van der Waals surface area contributed by atoms with Crippen LogP contribution in [0.4, 0.5) is 13.2 Å². The number of hydrogen-bond acceptors (Lipinski definition) is 5. The zero-order chi connectivity index (χ0) is 28.8. The maximum atomic E-state index is 13.4. The van der Waals surface area contributed by atoms with Gasteiger partial charge in [-0.1, -0.05) is 29.8 Å². The van der Waals surface area contributed by atoms with Crippen molar-refractivity contribution >= 4 is 29.3 Å². The minimum Gasteiger partial charge on any atom is -0.480 e. The van der Waals surface area contributed by atoms with Crippen molar-refractivity contribution in [3.8, 4) is 11.4 Å². The lowest BCUT2D eigenvalue weighted by atomic mass is 9.91. The van der Waals surface area contributed by atoms with E-state index < -0.39 is 59.5 Å². The molecule has 0 saturated heterocycles. The second-order valence-electron chi connectivity index (χ2n) is 10.2. The molecule has 1 aromatic heterocycles. The summed E-state index contributed by atoms with van der Waals surface area (Å²) in [6, 6.07) is 10.6. The molecule has 3 aromatic rings. The van der Waals surface area contributed by atoms with Crippen molar-refractivity contribution in [1.29, 1.82) is 0 Å². The molecule has 2 aromatic carbocycles. The van der Waals surface area contributed by atoms with Crippen molar-refractivity contribution in [2.45, 2.75) is 62.3 Å². The Balaban J connectivity index is 1.43. The van der Waals surface area contributed by atoms with Gasteiger partial charge < -0.3 is 10.4 Å². The predicted octanol–water partition coefficient (Wildman–Crippen LogP) is 4.20. The highest BCUT2D eigenvalue weighted by atomic mass is 35.5. The van der Waals surface area contributed by atoms with Crippen LogP contribution in [0.1, 0.15) is 55.2 Å². The number of amides is 1. The second kappa shape index (κ2) is 10.2. The Morgan fingerprint density at radius 1 is 1.12 bits per heavy atom. The zero-order valence-electron chi connectivity index (χ0n) is 20.9. The van der Waals surface area contributed by atoms with E-state index in [0.717, 1.165) is 35.7 Å². The Morgan fingerprint density at radius 2 is 1.80 bits per heavy atom. The van der Waals surface area contributed by atoms with Crippen LogP contribution in [-0.2, 0) is 27.1 Å². The fourth-order valence-corrected chi connectivity index (χ4v) is 4.70. The third-order valence-corrected chi connectivity index (χ3v) is 7.35. The first kappa shape index (κ1) is 27.6. The average Bonchev–Trinajstić information content (AvgIpc) is 3.83. The topological polar surface area (TPSA) is 123 Å². The van der Waals surface area contributed by atoms with Gasteiger partial charge in [0.05, 0.1) is 11.5 Å². The number of Topliss-reactive ketones (excluding diaryl/α,β-unsaturated/α-hetero) is 1. The van der Waals surface area contributed by atoms with E-state index in [2.05, 4.69) is 10.4 Å². The van der Waals surface area contributed by atoms with Crippen LogP contribution in [0.2, 0.25) is 5.02 Å². The standard InChI is InChI=1S/C27H24ClF3N4O5/c28-18-6-4-15(5-7-18)22-33-34(25(40)35(22)19-8-9-19)14-20(36)13-21(23(37)32-26(10-11-26)24(38)39)16-2-1-3-17(12-16)27(29,30)31/h1-7,12,19,21H,8-11,13-14H2,(H,32,37)(H,38,39). The molecule has 0 radical (unpaired) electrons. The van der Waals surface area contributed by atoms with E-state index in [4.69, 9.17) is 11.6 Å². The number of carbonyl (C=O) groups is 3. The number of hydrogen-bond donors (Lipinski definition) is 2. The average molecular weight is 577 g/mol. The molecule has 1 atom stereocenters. The van der Waals surface area contributed by atoms with Crippen LogP contribution in [0, 0.1) is 0 Å². The minimum absolute atomic E-state index is 0.0728. The lowest BCUT2D eigenvalue weighted by Gasteiger charge is -2.21. The number of benzene rings is 2. The molecule has 1 heterocycles. The van der Waals surface area contributed by atoms with Crippen LogP contribution in [0.3, 0.4) is 0 Å². The molecule has 13 heteroatoms. The van der Waals surface area contributed by atoms with Crippen molar-refractivity contribution in [2.24, 2.45) is 0 Å². The molecule has 0 bridgehead atoms. The SMILES string of the molecule is O=C(CC(C(=O)NC1(C(=O)O)CC1)c1cccc(C(F)(F)F)c1)Cn1nc(-c2ccc(Cl)cc2)n(C2CC2)c1=O. The van der Waals surface area contributed by atoms with Gasteiger partial charge >= 0.3 is 17.8 Å². The predicted molar refractivity (Wildman–Crippen MR) is 137 cm³/mol. The van der Waals surface area contributed by atoms with Gasteiger partial charge in [0.1, 0.15) is 12.1 Å². The van der Waals surface area contributed by atoms with Crippen LogP contribution >= 0.6 is 11.6 Å². The molecule has 40 heavy (non-hydrogen) atoms. The van der Waals surface area contributed by atoms with Crippen molar-refractivity contribution in [3.05, 3.63) is 75.2 Å². The van der Waals surface area contributed by atoms with Gasteiger partial charge in [0.2, 0.25) is 5.91 Å². The molecule has 2 saturated carbocycles. The highest BCUT2D eigenvalue weighted by Gasteiger charge is 2.52. The number of nitrogens with one attached hydrogen (secondary N) is 1. The Morgan fingerprint density at radius 3 is 2.38 bits per heavy atom. The molecule has 2 fully saturated rings. The van der Waals surface area contributed by atoms with Crippen molar-refractivity contribution in [3.63, 3.8) is 0 Å². The summed E-state index contributed by atoms with van der Waals surface area (Å²) in [5.41, 5.74) is -2.53. The molecular formula is C27H24ClF3N4O5. The number of aromatic nitrogens is 3. The van der Waals surface area contributed by atoms with E-state index in [-0.39, 0.29) is 24.4 Å². The first-order chi connectivity index (χ1) is 18.9. The molecule has 2 aliphatic carbocycles. The van der Waals surface area contributed by atoms with E-state index in [1.54, 1.807) is 24.3 Å². The summed E-state index contributed by atoms with van der Waals surface area (Å²) in [5, 5.41) is 16.7. The van der Waals surface area contributed by atoms with E-state index in [0.29, 0.717) is 16.4 Å². The number of carboxylic acid groups (broad SMARTS) is 1. The molecule has 0 spiro atoms. The first-order valence-corrected chi connectivity index (χ1v) is 13.0. The van der Waals surface area contributed by atoms with Gasteiger partial charge in [-0.25, -0.2) is 14.3 Å². The summed E-state index contributed by atoms with van der Waals surface area (Å²) in [6.45, 7) is -0.522. The molecule has 9 nitrogen and oxygen atoms in total. The summed E-state index contributed by atoms with van der Waals surface area (Å²) >= 11 is 5.97. The van der Waals surface area contributed by atoms with Gasteiger partial charge in [-0.15, -0.1) is 5.10 Å². The van der Waals surface area contributed by atoms with E-state index in [1.807, 2.05) is 0 Å². The maximum Gasteiger partial charge on any atom is 0.416 e. The molecule has 1 amide bonds. The number of halogens is 4. The van der Waals surface area contributed by atoms with Gasteiger partial charge in [-0.2, -0.15) is 13.2 Å². The molecule has 1 unspecified atom stereocenters. The number of alkyl halides is 3. The third-order valence-electron chi connectivity index (χ3n) is 7.10. The normalized spacial score (nSPS) is 16.8. The van der Waals surface area contributed by atoms with Crippen molar-refractivity contribution in [1.82, 2.24) is 19.7 Å². The number of carbonyl (C=O) groups excluding carboxylic acids is 2. The quantitative estimate of drug-likeness (QED) is 0.373. The summed E-state index contributed by atoms with van der Waals surface area (Å²) < 4.78 is 42.6. The molecule has 210 valence electrons. The fourth-order valence-electron chi connectivity index (χ4n) is 4.57. The summed E-state index contributed by atoms with van der Waals surface area (Å²) in [4.78, 5) is 51.2. The molecule has 5 rings (SSSR count). The Kier molecular flexibility index (Phi) is 7.07. The van der Waals surface area contributed by atoms with Gasteiger partial charge in [-0.05, 0) is 61.6 Å². The fraction of sp³-hybridized carbons (Fsp3) is 0.370. The molecular weight excluding hydrogens is 553 g/mol. The lowest BCUT2D eigenvalue weighted by molar-refractivity contribution is -0.143. The first-order valence-electron chi connectivity index (χ1n) is 12.6. The minimum atomic E-state index is -4.69. The van der Waals surface area contributed by atoms with Crippen LogP contribution in [0.5, 0.6) is 0 Å². The van der Waals surface area contributed by atoms with Crippen LogP contribution in [0.15, 0.2) is 53.3 Å². The van der Waals surface area contributed by atoms with Crippen molar-refractivity contribution in [2.75, 3.05) is 0 Å². The van der Waals surface area contributed by atoms with Crippen LogP contribution < -0.4 is 11.0 Å². The lowest BCUT2D eigenvalue weighted by Crippen LogP contribution is -2.45. The van der Waals surface area contributed by atoms with Crippen LogP contribution in [-0.4, -0.2) is 42.7 Å². The van der Waals surface area contributed by atoms with Crippen molar-refractivity contribution < 1.29 is 32.7 Å². The Labute approximate surface area is 230 Å². The smallest absolute Gasteiger partial charge is 0.416 e. The summed E-state index contributed by atoms with van der Waals surface area (Å²) in [6.07, 6.45) is -3.40. The van der Waals surface area contributed by atoms with E-state index >= 15 is 0 Å². The van der Waals surface area contributed by atoms with Gasteiger partial charge in [0.15, 0.2) is 11.6 Å². The van der Waals surface area contributed by atoms with Gasteiger partial charge in [-0.3, -0.25) is 14.2 Å². The maximum absolute atomic E-state index is 13.4. The monoisotopic (exact) mass is 576 g/mol. The van der Waals surface area contributed by atoms with Gasteiger partial charge in [0.25, 0.3) is 0 Å². The highest BCUT2D eigenvalue weighted by molar-refractivity contribution is 6.30. The summed E-state index contributed by atoms with van der Waals surface area (Å²) in [5.74, 6) is -3.85. The zero-order valence-corrected chi connectivity index (χ0v) is 21.7. The van der Waals surface area contributed by atoms with E-state index in [1.165, 1.54) is 10.6 Å². The van der Waals surface area contributed by atoms with Gasteiger partial charge in [0, 0.05) is 23.0 Å². The number of nitrogens with zero attached hydrogens (tertiary/aromatic N) is 3.